The fourth-order valence-corrected chi connectivity index (χ4v) is 6.94. The van der Waals surface area contributed by atoms with Gasteiger partial charge in [-0.15, -0.1) is 11.3 Å². The molecule has 3 aliphatic carbocycles. The Labute approximate surface area is 180 Å². The van der Waals surface area contributed by atoms with Crippen LogP contribution in [-0.2, 0) is 22.4 Å². The van der Waals surface area contributed by atoms with E-state index in [9.17, 15) is 19.5 Å². The number of rotatable bonds is 6. The summed E-state index contributed by atoms with van der Waals surface area (Å²) in [6.45, 7) is 6.76. The number of thiophene rings is 1. The van der Waals surface area contributed by atoms with Gasteiger partial charge in [-0.2, -0.15) is 0 Å². The fourth-order valence-electron chi connectivity index (χ4n) is 5.60. The van der Waals surface area contributed by atoms with Gasteiger partial charge in [0.1, 0.15) is 5.00 Å². The van der Waals surface area contributed by atoms with Gasteiger partial charge in [-0.05, 0) is 54.4 Å². The summed E-state index contributed by atoms with van der Waals surface area (Å²) >= 11 is 1.44. The number of nitrogens with two attached hydrogens (primary N) is 1. The number of carboxylic acids is 1. The number of fused-ring (bicyclic) bond motifs is 3. The third-order valence-corrected chi connectivity index (χ3v) is 8.98. The molecule has 1 aromatic heterocycles. The molecule has 0 aliphatic heterocycles. The Kier molecular flexibility index (Phi) is 5.29. The molecule has 4 N–H and O–H groups in total. The van der Waals surface area contributed by atoms with Crippen LogP contribution < -0.4 is 11.1 Å². The molecule has 0 unspecified atom stereocenters. The summed E-state index contributed by atoms with van der Waals surface area (Å²) in [4.78, 5) is 38.3. The van der Waals surface area contributed by atoms with E-state index < -0.39 is 23.7 Å². The minimum Gasteiger partial charge on any atom is -0.481 e. The first-order chi connectivity index (χ1) is 14.1. The Hall–Kier alpha value is -2.15. The number of carbonyl (C=O) groups excluding carboxylic acids is 2. The molecule has 0 aromatic carbocycles. The number of hydrogen-bond donors (Lipinski definition) is 3. The molecule has 1 fully saturated rings. The summed E-state index contributed by atoms with van der Waals surface area (Å²) in [5, 5.41) is 13.0. The maximum absolute atomic E-state index is 13.1. The molecule has 4 rings (SSSR count). The van der Waals surface area contributed by atoms with Crippen LogP contribution in [0.2, 0.25) is 0 Å². The zero-order valence-electron chi connectivity index (χ0n) is 17.7. The van der Waals surface area contributed by atoms with Crippen molar-refractivity contribution in [3.8, 4) is 0 Å². The second kappa shape index (κ2) is 7.52. The van der Waals surface area contributed by atoms with E-state index in [2.05, 4.69) is 26.1 Å². The first-order valence-electron chi connectivity index (χ1n) is 10.8. The average molecular weight is 431 g/mol. The first-order valence-corrected chi connectivity index (χ1v) is 11.6. The van der Waals surface area contributed by atoms with Gasteiger partial charge in [0.2, 0.25) is 5.91 Å². The summed E-state index contributed by atoms with van der Waals surface area (Å²) in [6, 6.07) is 0. The smallest absolute Gasteiger partial charge is 0.307 e. The van der Waals surface area contributed by atoms with Gasteiger partial charge >= 0.3 is 5.97 Å². The largest absolute Gasteiger partial charge is 0.481 e. The van der Waals surface area contributed by atoms with Gasteiger partial charge < -0.3 is 16.2 Å². The molecule has 2 amide bonds. The predicted octanol–water partition coefficient (Wildman–Crippen LogP) is 3.85. The maximum Gasteiger partial charge on any atom is 0.307 e. The summed E-state index contributed by atoms with van der Waals surface area (Å²) in [7, 11) is 0. The van der Waals surface area contributed by atoms with Crippen LogP contribution in [0.5, 0.6) is 0 Å². The molecule has 30 heavy (non-hydrogen) atoms. The van der Waals surface area contributed by atoms with E-state index in [0.717, 1.165) is 36.1 Å². The molecule has 5 atom stereocenters. The Morgan fingerprint density at radius 1 is 1.23 bits per heavy atom. The summed E-state index contributed by atoms with van der Waals surface area (Å²) < 4.78 is 0. The molecule has 1 aromatic rings. The Morgan fingerprint density at radius 2 is 1.90 bits per heavy atom. The summed E-state index contributed by atoms with van der Waals surface area (Å²) in [6.07, 6.45) is 8.32. The number of aliphatic carboxylic acids is 1. The topological polar surface area (TPSA) is 109 Å². The molecule has 0 saturated heterocycles. The lowest BCUT2D eigenvalue weighted by Crippen LogP contribution is -2.36. The lowest BCUT2D eigenvalue weighted by atomic mass is 9.69. The number of anilines is 1. The molecule has 1 heterocycles. The van der Waals surface area contributed by atoms with E-state index in [4.69, 9.17) is 5.73 Å². The number of carbonyl (C=O) groups is 3. The van der Waals surface area contributed by atoms with Crippen molar-refractivity contribution < 1.29 is 19.5 Å². The predicted molar refractivity (Wildman–Crippen MR) is 116 cm³/mol. The van der Waals surface area contributed by atoms with Crippen LogP contribution >= 0.6 is 11.3 Å². The van der Waals surface area contributed by atoms with Crippen LogP contribution in [0.15, 0.2) is 12.2 Å². The molecule has 6 nitrogen and oxygen atoms in total. The highest BCUT2D eigenvalue weighted by molar-refractivity contribution is 7.17. The minimum absolute atomic E-state index is 0.0579. The molecular weight excluding hydrogens is 400 g/mol. The first kappa shape index (κ1) is 21.1. The fraction of sp³-hybridized carbons (Fsp3) is 0.609. The second-order valence-electron chi connectivity index (χ2n) is 9.68. The zero-order chi connectivity index (χ0) is 21.8. The van der Waals surface area contributed by atoms with Gasteiger partial charge in [0.25, 0.3) is 5.91 Å². The summed E-state index contributed by atoms with van der Waals surface area (Å²) in [5.74, 6) is -2.72. The van der Waals surface area contributed by atoms with Crippen molar-refractivity contribution >= 4 is 34.1 Å². The molecule has 162 valence electrons. The molecule has 0 spiro atoms. The van der Waals surface area contributed by atoms with Crippen LogP contribution in [-0.4, -0.2) is 22.9 Å². The van der Waals surface area contributed by atoms with E-state index in [1.54, 1.807) is 0 Å². The van der Waals surface area contributed by atoms with E-state index in [1.165, 1.54) is 11.3 Å². The standard InChI is InChI=1S/C23H30N2O4S/c1-4-23(2,3)13-7-8-14-15(10-13)30-21(18(14)19(24)26)25-20(27)16-11-5-6-12(9-11)17(16)22(28)29/h5-6,11-13,16-17H,4,7-10H2,1-3H3,(H2,24,26)(H,25,27)(H,28,29)/t11-,12-,13+,16-,17-/m0/s1. The Bertz CT molecular complexity index is 932. The SMILES string of the molecule is CCC(C)(C)[C@@H]1CCc2c(sc(NC(=O)[C@@H]3[C@@H](C(=O)O)[C@H]4C=C[C@H]3C4)c2C(N)=O)C1. The maximum atomic E-state index is 13.1. The molecular formula is C23H30N2O4S. The van der Waals surface area contributed by atoms with Crippen molar-refractivity contribution in [2.24, 2.45) is 40.7 Å². The van der Waals surface area contributed by atoms with Gasteiger partial charge in [-0.3, -0.25) is 14.4 Å². The lowest BCUT2D eigenvalue weighted by molar-refractivity contribution is -0.146. The van der Waals surface area contributed by atoms with Crippen LogP contribution in [0, 0.1) is 35.0 Å². The van der Waals surface area contributed by atoms with E-state index in [-0.39, 0.29) is 23.2 Å². The molecule has 1 saturated carbocycles. The molecule has 7 heteroatoms. The van der Waals surface area contributed by atoms with Crippen molar-refractivity contribution in [3.05, 3.63) is 28.2 Å². The normalized spacial score (nSPS) is 29.6. The van der Waals surface area contributed by atoms with E-state index in [1.807, 2.05) is 12.2 Å². The van der Waals surface area contributed by atoms with Gasteiger partial charge in [-0.1, -0.05) is 39.3 Å². The number of carboxylic acid groups (broad SMARTS) is 1. The molecule has 0 radical (unpaired) electrons. The number of nitrogens with one attached hydrogen (secondary N) is 1. The number of allylic oxidation sites excluding steroid dienone is 2. The number of primary amides is 1. The van der Waals surface area contributed by atoms with E-state index in [0.29, 0.717) is 22.9 Å². The van der Waals surface area contributed by atoms with Crippen molar-refractivity contribution in [1.29, 1.82) is 0 Å². The zero-order valence-corrected chi connectivity index (χ0v) is 18.6. The number of hydrogen-bond acceptors (Lipinski definition) is 4. The molecule has 2 bridgehead atoms. The third-order valence-electron chi connectivity index (χ3n) is 7.81. The van der Waals surface area contributed by atoms with Crippen molar-refractivity contribution in [2.75, 3.05) is 5.32 Å². The van der Waals surface area contributed by atoms with Crippen LogP contribution in [0.4, 0.5) is 5.00 Å². The van der Waals surface area contributed by atoms with Gasteiger partial charge in [0.05, 0.1) is 17.4 Å². The highest BCUT2D eigenvalue weighted by Gasteiger charge is 2.52. The number of amides is 2. The van der Waals surface area contributed by atoms with Crippen molar-refractivity contribution in [3.63, 3.8) is 0 Å². The quantitative estimate of drug-likeness (QED) is 0.596. The Balaban J connectivity index is 1.61. The highest BCUT2D eigenvalue weighted by Crippen LogP contribution is 2.49. The average Bonchev–Trinajstić information content (AvgIpc) is 3.39. The van der Waals surface area contributed by atoms with Crippen molar-refractivity contribution in [2.45, 2.75) is 52.9 Å². The van der Waals surface area contributed by atoms with Gasteiger partial charge in [-0.25, -0.2) is 0 Å². The lowest BCUT2D eigenvalue weighted by Gasteiger charge is -2.36. The monoisotopic (exact) mass is 430 g/mol. The Morgan fingerprint density at radius 3 is 2.50 bits per heavy atom. The van der Waals surface area contributed by atoms with Crippen molar-refractivity contribution in [1.82, 2.24) is 0 Å². The summed E-state index contributed by atoms with van der Waals surface area (Å²) in [5.41, 5.74) is 7.30. The second-order valence-corrected chi connectivity index (χ2v) is 10.8. The third kappa shape index (κ3) is 3.37. The van der Waals surface area contributed by atoms with Gasteiger partial charge in [0, 0.05) is 4.88 Å². The highest BCUT2D eigenvalue weighted by atomic mass is 32.1. The van der Waals surface area contributed by atoms with Crippen LogP contribution in [0.1, 0.15) is 60.8 Å². The van der Waals surface area contributed by atoms with Crippen LogP contribution in [0.3, 0.4) is 0 Å². The van der Waals surface area contributed by atoms with E-state index >= 15 is 0 Å². The van der Waals surface area contributed by atoms with Crippen LogP contribution in [0.25, 0.3) is 0 Å². The molecule has 3 aliphatic rings. The van der Waals surface area contributed by atoms with Gasteiger partial charge in [0.15, 0.2) is 0 Å². The minimum atomic E-state index is -0.933.